The maximum atomic E-state index is 13.3. The fraction of sp³-hybridized carbons (Fsp3) is 0.345. The van der Waals surface area contributed by atoms with E-state index in [0.29, 0.717) is 34.8 Å². The number of benzene rings is 1. The number of hydrogen-bond donors (Lipinski definition) is 3. The number of aromatic nitrogens is 5. The van der Waals surface area contributed by atoms with E-state index in [-0.39, 0.29) is 29.5 Å². The normalized spacial score (nSPS) is 16.6. The molecule has 1 aliphatic rings. The van der Waals surface area contributed by atoms with Gasteiger partial charge in [-0.05, 0) is 56.2 Å². The topological polar surface area (TPSA) is 138 Å². The molecule has 40 heavy (non-hydrogen) atoms. The summed E-state index contributed by atoms with van der Waals surface area (Å²) >= 11 is 0. The van der Waals surface area contributed by atoms with E-state index in [0.717, 1.165) is 11.1 Å². The summed E-state index contributed by atoms with van der Waals surface area (Å²) in [5.74, 6) is 0.672. The van der Waals surface area contributed by atoms with Gasteiger partial charge in [-0.2, -0.15) is 4.98 Å². The highest BCUT2D eigenvalue weighted by Gasteiger charge is 2.38. The van der Waals surface area contributed by atoms with Crippen LogP contribution in [0.15, 0.2) is 60.0 Å². The van der Waals surface area contributed by atoms with Crippen molar-refractivity contribution in [2.24, 2.45) is 0 Å². The van der Waals surface area contributed by atoms with Gasteiger partial charge in [0, 0.05) is 23.8 Å². The predicted molar refractivity (Wildman–Crippen MR) is 152 cm³/mol. The Bertz CT molecular complexity index is 1700. The third kappa shape index (κ3) is 4.62. The summed E-state index contributed by atoms with van der Waals surface area (Å²) in [5, 5.41) is 23.8. The Kier molecular flexibility index (Phi) is 6.49. The van der Waals surface area contributed by atoms with Crippen molar-refractivity contribution < 1.29 is 15.0 Å². The van der Waals surface area contributed by atoms with Crippen LogP contribution in [0, 0.1) is 0 Å². The minimum absolute atomic E-state index is 0.213. The molecule has 0 bridgehead atoms. The number of carboxylic acid groups (broad SMARTS) is 1. The molecule has 0 fully saturated rings. The van der Waals surface area contributed by atoms with Gasteiger partial charge in [0.25, 0.3) is 5.56 Å². The molecule has 4 heterocycles. The zero-order valence-electron chi connectivity index (χ0n) is 23.2. The second kappa shape index (κ2) is 9.60. The van der Waals surface area contributed by atoms with Crippen LogP contribution in [0.4, 0.5) is 16.4 Å². The Morgan fingerprint density at radius 2 is 2.00 bits per heavy atom. The highest BCUT2D eigenvalue weighted by molar-refractivity contribution is 5.77. The summed E-state index contributed by atoms with van der Waals surface area (Å²) in [6.07, 6.45) is 2.13. The lowest BCUT2D eigenvalue weighted by atomic mass is 9.76. The second-order valence-electron chi connectivity index (χ2n) is 11.3. The number of nitrogens with zero attached hydrogens (tertiary/aromatic N) is 6. The largest absolute Gasteiger partial charge is 0.465 e. The van der Waals surface area contributed by atoms with E-state index in [1.54, 1.807) is 42.8 Å². The lowest BCUT2D eigenvalue weighted by Gasteiger charge is -2.42. The monoisotopic (exact) mass is 543 g/mol. The standard InChI is InChI=1S/C29H33N7O4/c1-7-13-35-25(37)20-15-30-26(33-24(20)36(35)23-10-8-9-22(32-23)29(5,6)40)31-18-11-12-21-19(14-18)17(2)34(27(38)39)16-28(21,3)4/h7-12,14-15,17,40H,1,13,16H2,2-6H3,(H,38,39)(H,30,31,33)/t17-/m0/s1. The smallest absolute Gasteiger partial charge is 0.407 e. The number of pyridine rings is 1. The molecule has 1 atom stereocenters. The zero-order chi connectivity index (χ0) is 29.0. The van der Waals surface area contributed by atoms with E-state index in [2.05, 4.69) is 26.8 Å². The van der Waals surface area contributed by atoms with Gasteiger partial charge in [-0.15, -0.1) is 6.58 Å². The predicted octanol–water partition coefficient (Wildman–Crippen LogP) is 4.47. The van der Waals surface area contributed by atoms with Gasteiger partial charge in [-0.1, -0.05) is 32.1 Å². The molecular formula is C29H33N7O4. The van der Waals surface area contributed by atoms with Gasteiger partial charge in [-0.25, -0.2) is 24.1 Å². The number of rotatable bonds is 6. The summed E-state index contributed by atoms with van der Waals surface area (Å²) in [6, 6.07) is 10.8. The summed E-state index contributed by atoms with van der Waals surface area (Å²) in [6.45, 7) is 13.6. The first kappa shape index (κ1) is 27.1. The molecule has 11 nitrogen and oxygen atoms in total. The fourth-order valence-electron chi connectivity index (χ4n) is 5.27. The molecule has 4 aromatic rings. The molecule has 0 radical (unpaired) electrons. The molecular weight excluding hydrogens is 510 g/mol. The van der Waals surface area contributed by atoms with Gasteiger partial charge in [0.15, 0.2) is 11.5 Å². The first-order valence-corrected chi connectivity index (χ1v) is 13.0. The van der Waals surface area contributed by atoms with Crippen molar-refractivity contribution in [3.8, 4) is 5.82 Å². The molecule has 11 heteroatoms. The van der Waals surface area contributed by atoms with Gasteiger partial charge in [0.05, 0.1) is 18.3 Å². The van der Waals surface area contributed by atoms with Crippen LogP contribution in [0.2, 0.25) is 0 Å². The van der Waals surface area contributed by atoms with Crippen LogP contribution in [-0.2, 0) is 17.6 Å². The third-order valence-corrected chi connectivity index (χ3v) is 7.32. The van der Waals surface area contributed by atoms with Crippen molar-refractivity contribution >= 4 is 28.8 Å². The number of allylic oxidation sites excluding steroid dienone is 1. The number of anilines is 2. The van der Waals surface area contributed by atoms with E-state index in [4.69, 9.17) is 0 Å². The van der Waals surface area contributed by atoms with Gasteiger partial charge in [0.1, 0.15) is 11.0 Å². The van der Waals surface area contributed by atoms with Crippen LogP contribution in [-0.4, -0.2) is 52.1 Å². The lowest BCUT2D eigenvalue weighted by molar-refractivity contribution is 0.0738. The zero-order valence-corrected chi connectivity index (χ0v) is 23.2. The SMILES string of the molecule is C=CCn1c(=O)c2cnc(Nc3ccc4c(c3)[C@H](C)N(C(=O)O)CC4(C)C)nc2n1-c1cccc(C(C)(C)O)n1. The summed E-state index contributed by atoms with van der Waals surface area (Å²) in [5.41, 5.74) is 1.65. The third-order valence-electron chi connectivity index (χ3n) is 7.32. The van der Waals surface area contributed by atoms with Crippen LogP contribution in [0.25, 0.3) is 16.9 Å². The maximum Gasteiger partial charge on any atom is 0.407 e. The summed E-state index contributed by atoms with van der Waals surface area (Å²) in [7, 11) is 0. The summed E-state index contributed by atoms with van der Waals surface area (Å²) < 4.78 is 3.07. The van der Waals surface area contributed by atoms with Crippen LogP contribution < -0.4 is 10.9 Å². The number of aliphatic hydroxyl groups is 1. The highest BCUT2D eigenvalue weighted by Crippen LogP contribution is 2.40. The van der Waals surface area contributed by atoms with Crippen LogP contribution in [0.3, 0.4) is 0 Å². The molecule has 1 amide bonds. The quantitative estimate of drug-likeness (QED) is 0.303. The number of amides is 1. The molecule has 0 spiro atoms. The molecule has 1 aromatic carbocycles. The van der Waals surface area contributed by atoms with Crippen LogP contribution in [0.1, 0.15) is 57.5 Å². The first-order chi connectivity index (χ1) is 18.8. The van der Waals surface area contributed by atoms with E-state index < -0.39 is 11.7 Å². The Hall–Kier alpha value is -4.51. The molecule has 0 aliphatic carbocycles. The lowest BCUT2D eigenvalue weighted by Crippen LogP contribution is -2.46. The van der Waals surface area contributed by atoms with Crippen molar-refractivity contribution in [2.75, 3.05) is 11.9 Å². The molecule has 0 unspecified atom stereocenters. The van der Waals surface area contributed by atoms with E-state index in [1.807, 2.05) is 39.0 Å². The highest BCUT2D eigenvalue weighted by atomic mass is 16.4. The minimum Gasteiger partial charge on any atom is -0.465 e. The van der Waals surface area contributed by atoms with E-state index >= 15 is 0 Å². The van der Waals surface area contributed by atoms with Crippen LogP contribution in [0.5, 0.6) is 0 Å². The summed E-state index contributed by atoms with van der Waals surface area (Å²) in [4.78, 5) is 40.3. The molecule has 5 rings (SSSR count). The van der Waals surface area contributed by atoms with Crippen molar-refractivity contribution in [1.82, 2.24) is 29.2 Å². The van der Waals surface area contributed by atoms with Crippen molar-refractivity contribution in [3.05, 3.63) is 82.4 Å². The van der Waals surface area contributed by atoms with E-state index in [9.17, 15) is 19.8 Å². The van der Waals surface area contributed by atoms with Crippen molar-refractivity contribution in [1.29, 1.82) is 0 Å². The fourth-order valence-corrected chi connectivity index (χ4v) is 5.27. The Balaban J connectivity index is 1.60. The molecule has 1 aliphatic heterocycles. The van der Waals surface area contributed by atoms with Gasteiger partial charge >= 0.3 is 6.09 Å². The first-order valence-electron chi connectivity index (χ1n) is 13.0. The van der Waals surface area contributed by atoms with Gasteiger partial charge in [-0.3, -0.25) is 4.79 Å². The number of hydrogen-bond acceptors (Lipinski definition) is 7. The number of carbonyl (C=O) groups is 1. The minimum atomic E-state index is -1.18. The molecule has 0 saturated heterocycles. The maximum absolute atomic E-state index is 13.3. The van der Waals surface area contributed by atoms with Gasteiger partial charge < -0.3 is 20.4 Å². The van der Waals surface area contributed by atoms with Crippen LogP contribution >= 0.6 is 0 Å². The van der Waals surface area contributed by atoms with Gasteiger partial charge in [0.2, 0.25) is 5.95 Å². The molecule has 208 valence electrons. The van der Waals surface area contributed by atoms with Crippen molar-refractivity contribution in [3.63, 3.8) is 0 Å². The number of fused-ring (bicyclic) bond motifs is 2. The number of nitrogens with one attached hydrogen (secondary N) is 1. The Morgan fingerprint density at radius 1 is 1.25 bits per heavy atom. The molecule has 3 N–H and O–H groups in total. The molecule has 0 saturated carbocycles. The second-order valence-corrected chi connectivity index (χ2v) is 11.3. The Labute approximate surface area is 231 Å². The average molecular weight is 544 g/mol. The van der Waals surface area contributed by atoms with Crippen molar-refractivity contribution in [2.45, 2.75) is 58.2 Å². The van der Waals surface area contributed by atoms with E-state index in [1.165, 1.54) is 15.8 Å². The average Bonchev–Trinajstić information content (AvgIpc) is 3.16. The molecule has 3 aromatic heterocycles. The Morgan fingerprint density at radius 3 is 2.67 bits per heavy atom.